The smallest absolute Gasteiger partial charge is 0.331 e. The maximum atomic E-state index is 13.7. The van der Waals surface area contributed by atoms with E-state index in [-0.39, 0.29) is 11.6 Å². The molecule has 1 amide bonds. The molecule has 26 heavy (non-hydrogen) atoms. The Kier molecular flexibility index (Phi) is 5.07. The van der Waals surface area contributed by atoms with Crippen molar-refractivity contribution in [1.82, 2.24) is 4.98 Å². The van der Waals surface area contributed by atoms with Crippen LogP contribution in [0.15, 0.2) is 53.0 Å². The van der Waals surface area contributed by atoms with Crippen LogP contribution in [-0.2, 0) is 14.3 Å². The third kappa shape index (κ3) is 4.32. The minimum absolute atomic E-state index is 0.0265. The predicted octanol–water partition coefficient (Wildman–Crippen LogP) is 3.47. The fraction of sp³-hybridized carbons (Fsp3) is 0.105. The number of benzene rings is 2. The number of hydrogen-bond donors (Lipinski definition) is 1. The highest BCUT2D eigenvalue weighted by molar-refractivity contribution is 5.94. The van der Waals surface area contributed by atoms with E-state index in [0.717, 1.165) is 11.6 Å². The fourth-order valence-corrected chi connectivity index (χ4v) is 2.19. The number of para-hydroxylation sites is 2. The molecule has 0 atom stereocenters. The third-order valence-electron chi connectivity index (χ3n) is 3.42. The number of carbonyl (C=O) groups excluding carboxylic acids is 2. The molecule has 0 fully saturated rings. The maximum absolute atomic E-state index is 13.7. The fourth-order valence-electron chi connectivity index (χ4n) is 2.19. The van der Waals surface area contributed by atoms with E-state index in [1.807, 2.05) is 12.1 Å². The number of nitrogens with zero attached hydrogens (tertiary/aromatic N) is 1. The van der Waals surface area contributed by atoms with Gasteiger partial charge in [-0.2, -0.15) is 0 Å². The molecule has 0 radical (unpaired) electrons. The Labute approximate surface area is 148 Å². The molecule has 6 nitrogen and oxygen atoms in total. The number of oxazole rings is 1. The minimum Gasteiger partial charge on any atom is -0.452 e. The Morgan fingerprint density at radius 1 is 1.27 bits per heavy atom. The second-order valence-electron chi connectivity index (χ2n) is 5.49. The van der Waals surface area contributed by atoms with Gasteiger partial charge in [-0.3, -0.25) is 4.79 Å². The van der Waals surface area contributed by atoms with Crippen molar-refractivity contribution >= 4 is 34.7 Å². The highest BCUT2D eigenvalue weighted by Crippen LogP contribution is 2.16. The van der Waals surface area contributed by atoms with Crippen molar-refractivity contribution in [2.24, 2.45) is 0 Å². The van der Waals surface area contributed by atoms with Crippen molar-refractivity contribution in [3.63, 3.8) is 0 Å². The van der Waals surface area contributed by atoms with Gasteiger partial charge < -0.3 is 14.5 Å². The van der Waals surface area contributed by atoms with Gasteiger partial charge in [0.1, 0.15) is 11.3 Å². The number of ether oxygens (including phenoxy) is 1. The van der Waals surface area contributed by atoms with Crippen LogP contribution in [0.1, 0.15) is 11.5 Å². The summed E-state index contributed by atoms with van der Waals surface area (Å²) < 4.78 is 23.9. The van der Waals surface area contributed by atoms with Crippen LogP contribution < -0.4 is 5.32 Å². The van der Waals surface area contributed by atoms with Crippen LogP contribution in [0.5, 0.6) is 0 Å². The number of nitrogens with one attached hydrogen (secondary N) is 1. The molecule has 0 saturated carbocycles. The van der Waals surface area contributed by atoms with E-state index >= 15 is 0 Å². The molecule has 1 heterocycles. The zero-order valence-corrected chi connectivity index (χ0v) is 13.9. The van der Waals surface area contributed by atoms with Crippen molar-refractivity contribution in [2.75, 3.05) is 11.9 Å². The van der Waals surface area contributed by atoms with E-state index in [9.17, 15) is 14.0 Å². The summed E-state index contributed by atoms with van der Waals surface area (Å²) in [5.41, 5.74) is 2.02. The molecule has 7 heteroatoms. The van der Waals surface area contributed by atoms with Crippen LogP contribution in [0.3, 0.4) is 0 Å². The molecule has 1 aromatic heterocycles. The summed E-state index contributed by atoms with van der Waals surface area (Å²) >= 11 is 0. The van der Waals surface area contributed by atoms with Crippen LogP contribution in [0.2, 0.25) is 0 Å². The summed E-state index contributed by atoms with van der Waals surface area (Å²) in [5, 5.41) is 2.34. The largest absolute Gasteiger partial charge is 0.452 e. The molecule has 0 aliphatic heterocycles. The summed E-state index contributed by atoms with van der Waals surface area (Å²) in [6, 6.07) is 11.6. The van der Waals surface area contributed by atoms with Crippen LogP contribution in [0.25, 0.3) is 17.2 Å². The van der Waals surface area contributed by atoms with Crippen LogP contribution in [-0.4, -0.2) is 23.5 Å². The van der Waals surface area contributed by atoms with E-state index in [1.165, 1.54) is 18.2 Å². The lowest BCUT2D eigenvalue weighted by Crippen LogP contribution is -2.20. The second-order valence-corrected chi connectivity index (χ2v) is 5.49. The summed E-state index contributed by atoms with van der Waals surface area (Å²) in [5.74, 6) is -1.70. The molecule has 0 bridgehead atoms. The normalized spacial score (nSPS) is 11.0. The number of aromatic nitrogens is 1. The topological polar surface area (TPSA) is 81.4 Å². The molecular weight excluding hydrogens is 339 g/mol. The van der Waals surface area contributed by atoms with Crippen molar-refractivity contribution in [3.05, 3.63) is 65.8 Å². The predicted molar refractivity (Wildman–Crippen MR) is 93.8 cm³/mol. The van der Waals surface area contributed by atoms with E-state index in [1.54, 1.807) is 25.1 Å². The first-order valence-electron chi connectivity index (χ1n) is 7.78. The zero-order chi connectivity index (χ0) is 18.5. The molecule has 3 aromatic rings. The lowest BCUT2D eigenvalue weighted by Gasteiger charge is -2.07. The Balaban J connectivity index is 1.52. The molecule has 0 spiro atoms. The first kappa shape index (κ1) is 17.3. The lowest BCUT2D eigenvalue weighted by molar-refractivity contribution is -0.142. The van der Waals surface area contributed by atoms with Crippen LogP contribution in [0.4, 0.5) is 10.1 Å². The van der Waals surface area contributed by atoms with Gasteiger partial charge >= 0.3 is 5.97 Å². The average Bonchev–Trinajstić information content (AvgIpc) is 3.03. The molecule has 0 aliphatic rings. The quantitative estimate of drug-likeness (QED) is 0.560. The van der Waals surface area contributed by atoms with Gasteiger partial charge in [-0.05, 0) is 36.8 Å². The number of fused-ring (bicyclic) bond motifs is 1. The first-order valence-corrected chi connectivity index (χ1v) is 7.78. The molecule has 1 N–H and O–H groups in total. The van der Waals surface area contributed by atoms with Gasteiger partial charge in [0.2, 0.25) is 5.89 Å². The molecular formula is C19H15FN2O4. The highest BCUT2D eigenvalue weighted by atomic mass is 19.1. The average molecular weight is 354 g/mol. The lowest BCUT2D eigenvalue weighted by atomic mass is 10.2. The van der Waals surface area contributed by atoms with Gasteiger partial charge in [0.05, 0.1) is 5.69 Å². The number of rotatable bonds is 5. The monoisotopic (exact) mass is 354 g/mol. The number of anilines is 1. The number of amides is 1. The number of carbonyl (C=O) groups is 2. The molecule has 132 valence electrons. The van der Waals surface area contributed by atoms with Gasteiger partial charge in [0, 0.05) is 12.2 Å². The number of halogens is 1. The summed E-state index contributed by atoms with van der Waals surface area (Å²) in [7, 11) is 0. The Bertz CT molecular complexity index is 961. The molecule has 0 unspecified atom stereocenters. The first-order chi connectivity index (χ1) is 12.5. The third-order valence-corrected chi connectivity index (χ3v) is 3.42. The van der Waals surface area contributed by atoms with E-state index in [4.69, 9.17) is 9.15 Å². The van der Waals surface area contributed by atoms with E-state index in [0.29, 0.717) is 11.1 Å². The molecule has 3 rings (SSSR count). The molecule has 0 aliphatic carbocycles. The highest BCUT2D eigenvalue weighted by Gasteiger charge is 2.09. The van der Waals surface area contributed by atoms with Gasteiger partial charge in [-0.25, -0.2) is 14.2 Å². The maximum Gasteiger partial charge on any atom is 0.331 e. The Morgan fingerprint density at radius 2 is 2.08 bits per heavy atom. The van der Waals surface area contributed by atoms with Crippen molar-refractivity contribution in [3.8, 4) is 0 Å². The number of hydrogen-bond acceptors (Lipinski definition) is 5. The second kappa shape index (κ2) is 7.60. The van der Waals surface area contributed by atoms with Crippen molar-refractivity contribution in [1.29, 1.82) is 0 Å². The minimum atomic E-state index is -0.744. The van der Waals surface area contributed by atoms with Crippen LogP contribution >= 0.6 is 0 Å². The van der Waals surface area contributed by atoms with Gasteiger partial charge in [0.15, 0.2) is 12.2 Å². The number of aryl methyl sites for hydroxylation is 1. The van der Waals surface area contributed by atoms with Crippen LogP contribution in [0, 0.1) is 12.7 Å². The molecule has 2 aromatic carbocycles. The number of esters is 1. The Morgan fingerprint density at radius 3 is 2.85 bits per heavy atom. The SMILES string of the molecule is Cc1ccc(NC(=O)COC(=O)/C=C/c2nc3ccccc3o2)c(F)c1. The van der Waals surface area contributed by atoms with Gasteiger partial charge in [0.25, 0.3) is 5.91 Å². The Hall–Kier alpha value is -3.48. The zero-order valence-electron chi connectivity index (χ0n) is 13.9. The standard InChI is InChI=1S/C19H15FN2O4/c1-12-6-7-14(13(20)10-12)21-17(23)11-25-19(24)9-8-18-22-15-4-2-3-5-16(15)26-18/h2-10H,11H2,1H3,(H,21,23)/b9-8+. The van der Waals surface area contributed by atoms with Crippen molar-refractivity contribution < 1.29 is 23.1 Å². The van der Waals surface area contributed by atoms with E-state index < -0.39 is 24.3 Å². The summed E-state index contributed by atoms with van der Waals surface area (Å²) in [6.07, 6.45) is 2.45. The van der Waals surface area contributed by atoms with Crippen molar-refractivity contribution in [2.45, 2.75) is 6.92 Å². The van der Waals surface area contributed by atoms with Gasteiger partial charge in [-0.15, -0.1) is 0 Å². The summed E-state index contributed by atoms with van der Waals surface area (Å²) in [6.45, 7) is 1.20. The van der Waals surface area contributed by atoms with Gasteiger partial charge in [-0.1, -0.05) is 18.2 Å². The van der Waals surface area contributed by atoms with E-state index in [2.05, 4.69) is 10.3 Å². The molecule has 0 saturated heterocycles. The summed E-state index contributed by atoms with van der Waals surface area (Å²) in [4.78, 5) is 27.6.